The van der Waals surface area contributed by atoms with Crippen molar-refractivity contribution in [3.8, 4) is 12.3 Å². The molecule has 1 fully saturated rings. The first-order valence-electron chi connectivity index (χ1n) is 11.3. The van der Waals surface area contributed by atoms with Crippen LogP contribution in [0.25, 0.3) is 11.2 Å². The summed E-state index contributed by atoms with van der Waals surface area (Å²) in [6, 6.07) is 4.30. The van der Waals surface area contributed by atoms with Gasteiger partial charge in [-0.25, -0.2) is 15.0 Å². The number of nitrogens with two attached hydrogens (primary N) is 1. The molecule has 2 aromatic heterocycles. The lowest BCUT2D eigenvalue weighted by molar-refractivity contribution is -0.119. The molecule has 2 N–H and O–H groups in total. The zero-order chi connectivity index (χ0) is 22.9. The second kappa shape index (κ2) is 8.94. The summed E-state index contributed by atoms with van der Waals surface area (Å²) in [5.41, 5.74) is 10.9. The Morgan fingerprint density at radius 1 is 1.27 bits per heavy atom. The molecule has 1 saturated heterocycles. The Morgan fingerprint density at radius 2 is 2.09 bits per heavy atom. The molecule has 5 rings (SSSR count). The van der Waals surface area contributed by atoms with Crippen LogP contribution in [0.4, 0.5) is 11.5 Å². The lowest BCUT2D eigenvalue weighted by Gasteiger charge is -2.29. The first-order chi connectivity index (χ1) is 16.1. The van der Waals surface area contributed by atoms with E-state index in [1.54, 1.807) is 11.8 Å². The quantitative estimate of drug-likeness (QED) is 0.446. The lowest BCUT2D eigenvalue weighted by Crippen LogP contribution is -2.32. The number of hydrogen-bond acceptors (Lipinski definition) is 7. The number of aryl methyl sites for hydroxylation is 1. The van der Waals surface area contributed by atoms with Gasteiger partial charge in [-0.15, -0.1) is 6.42 Å². The summed E-state index contributed by atoms with van der Waals surface area (Å²) in [6.45, 7) is 3.43. The first kappa shape index (κ1) is 21.6. The summed E-state index contributed by atoms with van der Waals surface area (Å²) in [5, 5.41) is 0.824. The van der Waals surface area contributed by atoms with Gasteiger partial charge in [-0.05, 0) is 49.3 Å². The summed E-state index contributed by atoms with van der Waals surface area (Å²) >= 11 is 1.57. The summed E-state index contributed by atoms with van der Waals surface area (Å²) in [6.07, 6.45) is 12.4. The number of amides is 1. The van der Waals surface area contributed by atoms with Crippen LogP contribution in [0.15, 0.2) is 28.5 Å². The molecule has 170 valence electrons. The van der Waals surface area contributed by atoms with Crippen molar-refractivity contribution in [1.82, 2.24) is 24.4 Å². The minimum atomic E-state index is 0.382. The maximum atomic E-state index is 11.0. The smallest absolute Gasteiger partial charge is 0.209 e. The molecule has 1 amide bonds. The Labute approximate surface area is 197 Å². The number of piperidine rings is 1. The lowest BCUT2D eigenvalue weighted by atomic mass is 9.94. The number of imidazole rings is 1. The van der Waals surface area contributed by atoms with Crippen molar-refractivity contribution in [3.63, 3.8) is 0 Å². The Bertz CT molecular complexity index is 1240. The van der Waals surface area contributed by atoms with E-state index in [0.717, 1.165) is 79.5 Å². The first-order valence-corrected chi connectivity index (χ1v) is 12.1. The largest absolute Gasteiger partial charge is 0.382 e. The molecular formula is C24H27N7OS. The maximum absolute atomic E-state index is 11.0. The van der Waals surface area contributed by atoms with E-state index in [9.17, 15) is 4.79 Å². The van der Waals surface area contributed by atoms with Crippen LogP contribution in [0, 0.1) is 18.3 Å². The van der Waals surface area contributed by atoms with Crippen molar-refractivity contribution < 1.29 is 4.79 Å². The zero-order valence-electron chi connectivity index (χ0n) is 18.7. The molecule has 0 aliphatic carbocycles. The molecular weight excluding hydrogens is 434 g/mol. The molecule has 9 heteroatoms. The van der Waals surface area contributed by atoms with Gasteiger partial charge in [0.2, 0.25) is 6.41 Å². The van der Waals surface area contributed by atoms with E-state index in [0.29, 0.717) is 17.3 Å². The molecule has 0 saturated carbocycles. The number of aromatic nitrogens is 4. The van der Waals surface area contributed by atoms with Crippen LogP contribution < -0.4 is 10.6 Å². The minimum absolute atomic E-state index is 0.382. The third-order valence-electron chi connectivity index (χ3n) is 6.75. The van der Waals surface area contributed by atoms with Crippen LogP contribution >= 0.6 is 11.8 Å². The van der Waals surface area contributed by atoms with Gasteiger partial charge in [0, 0.05) is 49.4 Å². The van der Waals surface area contributed by atoms with E-state index < -0.39 is 0 Å². The van der Waals surface area contributed by atoms with Gasteiger partial charge in [0.15, 0.2) is 22.1 Å². The number of nitrogen functional groups attached to an aromatic ring is 1. The number of fused-ring (bicyclic) bond motifs is 2. The fourth-order valence-corrected chi connectivity index (χ4v) is 5.79. The van der Waals surface area contributed by atoms with Crippen LogP contribution in [0.2, 0.25) is 0 Å². The van der Waals surface area contributed by atoms with Gasteiger partial charge in [-0.1, -0.05) is 17.7 Å². The van der Waals surface area contributed by atoms with Crippen LogP contribution in [0.3, 0.4) is 0 Å². The Morgan fingerprint density at radius 3 is 2.85 bits per heavy atom. The summed E-state index contributed by atoms with van der Waals surface area (Å²) < 4.78 is 2.14. The predicted octanol–water partition coefficient (Wildman–Crippen LogP) is 2.79. The molecule has 3 aromatic rings. The molecule has 2 aliphatic heterocycles. The number of terminal acetylenes is 1. The van der Waals surface area contributed by atoms with Crippen molar-refractivity contribution >= 4 is 40.8 Å². The standard InChI is InChI=1S/C24H27N7OS/c1-3-17-12-19-18(7-8-29(19)2)13-20(17)33-24-28-21-22(25)26-14-27-23(21)31(24)11-6-16-4-9-30(15-32)10-5-16/h1,12-16H,4-11H2,2H3,(H2,25,26,27). The second-order valence-corrected chi connectivity index (χ2v) is 9.75. The molecule has 1 aromatic carbocycles. The van der Waals surface area contributed by atoms with E-state index >= 15 is 0 Å². The second-order valence-electron chi connectivity index (χ2n) is 8.75. The molecule has 0 radical (unpaired) electrons. The van der Waals surface area contributed by atoms with Crippen LogP contribution in [-0.2, 0) is 17.8 Å². The van der Waals surface area contributed by atoms with Crippen molar-refractivity contribution in [2.45, 2.75) is 42.3 Å². The maximum Gasteiger partial charge on any atom is 0.209 e. The van der Waals surface area contributed by atoms with Crippen molar-refractivity contribution in [2.24, 2.45) is 5.92 Å². The number of rotatable bonds is 6. The van der Waals surface area contributed by atoms with Gasteiger partial charge in [0.1, 0.15) is 6.33 Å². The highest BCUT2D eigenvalue weighted by Crippen LogP contribution is 2.38. The monoisotopic (exact) mass is 461 g/mol. The van der Waals surface area contributed by atoms with E-state index in [4.69, 9.17) is 17.1 Å². The third-order valence-corrected chi connectivity index (χ3v) is 7.80. The normalized spacial score (nSPS) is 16.2. The topological polar surface area (TPSA) is 93.2 Å². The molecule has 33 heavy (non-hydrogen) atoms. The Kier molecular flexibility index (Phi) is 5.85. The number of carbonyl (C=O) groups is 1. The molecule has 4 heterocycles. The number of hydrogen-bond donors (Lipinski definition) is 1. The molecule has 8 nitrogen and oxygen atoms in total. The molecule has 0 unspecified atom stereocenters. The van der Waals surface area contributed by atoms with E-state index in [1.165, 1.54) is 17.6 Å². The summed E-state index contributed by atoms with van der Waals surface area (Å²) in [7, 11) is 2.10. The van der Waals surface area contributed by atoms with E-state index in [2.05, 4.69) is 44.5 Å². The summed E-state index contributed by atoms with van der Waals surface area (Å²) in [5.74, 6) is 3.80. The highest BCUT2D eigenvalue weighted by molar-refractivity contribution is 7.99. The Balaban J connectivity index is 1.46. The van der Waals surface area contributed by atoms with E-state index in [-0.39, 0.29) is 0 Å². The fourth-order valence-electron chi connectivity index (χ4n) is 4.74. The van der Waals surface area contributed by atoms with Crippen LogP contribution in [0.1, 0.15) is 30.4 Å². The minimum Gasteiger partial charge on any atom is -0.382 e. The van der Waals surface area contributed by atoms with E-state index in [1.807, 2.05) is 4.90 Å². The number of likely N-dealkylation sites (tertiary alicyclic amines) is 1. The highest BCUT2D eigenvalue weighted by Gasteiger charge is 2.23. The number of anilines is 2. The third kappa shape index (κ3) is 4.11. The fraction of sp³-hybridized carbons (Fsp3) is 0.417. The highest BCUT2D eigenvalue weighted by atomic mass is 32.2. The average Bonchev–Trinajstić information content (AvgIpc) is 3.38. The molecule has 0 bridgehead atoms. The van der Waals surface area contributed by atoms with Gasteiger partial charge in [-0.3, -0.25) is 4.79 Å². The van der Waals surface area contributed by atoms with Gasteiger partial charge in [-0.2, -0.15) is 0 Å². The number of benzene rings is 1. The number of likely N-dealkylation sites (N-methyl/N-ethyl adjacent to an activating group) is 1. The number of carbonyl (C=O) groups excluding carboxylic acids is 1. The SMILES string of the molecule is C#Cc1cc2c(cc1Sc1nc3c(N)ncnc3n1CCC1CCN(C=O)CC1)CCN2C. The van der Waals surface area contributed by atoms with Gasteiger partial charge in [0.25, 0.3) is 0 Å². The Hall–Kier alpha value is -3.25. The zero-order valence-corrected chi connectivity index (χ0v) is 19.5. The predicted molar refractivity (Wildman–Crippen MR) is 130 cm³/mol. The number of nitrogens with zero attached hydrogens (tertiary/aromatic N) is 6. The van der Waals surface area contributed by atoms with Crippen molar-refractivity contribution in [2.75, 3.05) is 37.3 Å². The van der Waals surface area contributed by atoms with Gasteiger partial charge < -0.3 is 20.1 Å². The van der Waals surface area contributed by atoms with Crippen molar-refractivity contribution in [1.29, 1.82) is 0 Å². The van der Waals surface area contributed by atoms with Crippen LogP contribution in [0.5, 0.6) is 0 Å². The summed E-state index contributed by atoms with van der Waals surface area (Å²) in [4.78, 5) is 29.6. The molecule has 0 atom stereocenters. The molecule has 0 spiro atoms. The molecule has 2 aliphatic rings. The van der Waals surface area contributed by atoms with Crippen molar-refractivity contribution in [3.05, 3.63) is 29.6 Å². The average molecular weight is 462 g/mol. The van der Waals surface area contributed by atoms with Gasteiger partial charge in [0.05, 0.1) is 0 Å². The van der Waals surface area contributed by atoms with Gasteiger partial charge >= 0.3 is 0 Å². The van der Waals surface area contributed by atoms with Crippen LogP contribution in [-0.4, -0.2) is 57.5 Å².